The zero-order valence-electron chi connectivity index (χ0n) is 7.22. The minimum absolute atomic E-state index is 0.830. The van der Waals surface area contributed by atoms with Gasteiger partial charge in [-0.15, -0.1) is 0 Å². The summed E-state index contributed by atoms with van der Waals surface area (Å²) < 4.78 is 6.76. The van der Waals surface area contributed by atoms with E-state index in [0.717, 1.165) is 18.8 Å². The van der Waals surface area contributed by atoms with Crippen LogP contribution in [0.1, 0.15) is 19.8 Å². The summed E-state index contributed by atoms with van der Waals surface area (Å²) in [7, 11) is 0. The molecule has 2 heteroatoms. The molecule has 0 fully saturated rings. The molecule has 0 aliphatic heterocycles. The van der Waals surface area contributed by atoms with Crippen LogP contribution in [-0.2, 0) is 0 Å². The number of halogens is 1. The Morgan fingerprint density at radius 3 is 2.75 bits per heavy atom. The van der Waals surface area contributed by atoms with Gasteiger partial charge in [-0.05, 0) is 41.1 Å². The summed E-state index contributed by atoms with van der Waals surface area (Å²) in [6, 6.07) is 8.09. The predicted octanol–water partition coefficient (Wildman–Crippen LogP) is 3.47. The largest absolute Gasteiger partial charge is 0.492 e. The van der Waals surface area contributed by atoms with Crippen LogP contribution in [0, 0.1) is 3.57 Å². The van der Waals surface area contributed by atoms with Crippen LogP contribution in [0.25, 0.3) is 0 Å². The second-order valence-electron chi connectivity index (χ2n) is 2.63. The van der Waals surface area contributed by atoms with Gasteiger partial charge in [-0.1, -0.05) is 25.5 Å². The van der Waals surface area contributed by atoms with Crippen molar-refractivity contribution in [3.63, 3.8) is 0 Å². The number of para-hydroxylation sites is 1. The Kier molecular flexibility index (Phi) is 4.43. The Morgan fingerprint density at radius 2 is 2.08 bits per heavy atom. The van der Waals surface area contributed by atoms with Gasteiger partial charge in [-0.3, -0.25) is 0 Å². The average Bonchev–Trinajstić information content (AvgIpc) is 2.09. The molecule has 1 nitrogen and oxygen atoms in total. The summed E-state index contributed by atoms with van der Waals surface area (Å²) in [5, 5.41) is 0. The van der Waals surface area contributed by atoms with Crippen LogP contribution >= 0.6 is 22.6 Å². The SMILES string of the molecule is CCCCOc1ccccc1I. The third kappa shape index (κ3) is 3.01. The van der Waals surface area contributed by atoms with Crippen molar-refractivity contribution < 1.29 is 4.74 Å². The van der Waals surface area contributed by atoms with E-state index in [1.165, 1.54) is 9.99 Å². The monoisotopic (exact) mass is 276 g/mol. The summed E-state index contributed by atoms with van der Waals surface area (Å²) in [6.07, 6.45) is 2.31. The molecule has 12 heavy (non-hydrogen) atoms. The minimum Gasteiger partial charge on any atom is -0.492 e. The van der Waals surface area contributed by atoms with Crippen molar-refractivity contribution in [1.82, 2.24) is 0 Å². The number of hydrogen-bond donors (Lipinski definition) is 0. The lowest BCUT2D eigenvalue weighted by Crippen LogP contribution is -1.97. The van der Waals surface area contributed by atoms with Crippen LogP contribution in [0.15, 0.2) is 24.3 Å². The third-order valence-electron chi connectivity index (χ3n) is 1.59. The Balaban J connectivity index is 2.46. The van der Waals surface area contributed by atoms with Crippen molar-refractivity contribution in [3.8, 4) is 5.75 Å². The van der Waals surface area contributed by atoms with E-state index in [-0.39, 0.29) is 0 Å². The summed E-state index contributed by atoms with van der Waals surface area (Å²) in [5.41, 5.74) is 0. The van der Waals surface area contributed by atoms with E-state index in [1.54, 1.807) is 0 Å². The lowest BCUT2D eigenvalue weighted by Gasteiger charge is -2.06. The second kappa shape index (κ2) is 5.41. The topological polar surface area (TPSA) is 9.23 Å². The number of hydrogen-bond acceptors (Lipinski definition) is 1. The van der Waals surface area contributed by atoms with Crippen molar-refractivity contribution in [3.05, 3.63) is 27.8 Å². The molecular formula is C10H13IO. The summed E-state index contributed by atoms with van der Waals surface area (Å²) >= 11 is 2.29. The molecule has 0 saturated carbocycles. The smallest absolute Gasteiger partial charge is 0.132 e. The quantitative estimate of drug-likeness (QED) is 0.604. The van der Waals surface area contributed by atoms with Crippen LogP contribution in [0.4, 0.5) is 0 Å². The normalized spacial score (nSPS) is 9.83. The van der Waals surface area contributed by atoms with Gasteiger partial charge >= 0.3 is 0 Å². The van der Waals surface area contributed by atoms with E-state index in [4.69, 9.17) is 4.74 Å². The molecule has 0 spiro atoms. The van der Waals surface area contributed by atoms with Crippen LogP contribution in [0.3, 0.4) is 0 Å². The van der Waals surface area contributed by atoms with Crippen molar-refractivity contribution in [2.45, 2.75) is 19.8 Å². The van der Waals surface area contributed by atoms with Gasteiger partial charge in [-0.25, -0.2) is 0 Å². The maximum Gasteiger partial charge on any atom is 0.132 e. The van der Waals surface area contributed by atoms with Gasteiger partial charge in [0.15, 0.2) is 0 Å². The number of ether oxygens (including phenoxy) is 1. The fourth-order valence-electron chi connectivity index (χ4n) is 0.888. The standard InChI is InChI=1S/C10H13IO/c1-2-3-8-12-10-7-5-4-6-9(10)11/h4-7H,2-3,8H2,1H3. The molecule has 0 atom stereocenters. The Labute approximate surface area is 87.3 Å². The van der Waals surface area contributed by atoms with E-state index in [9.17, 15) is 0 Å². The van der Waals surface area contributed by atoms with Crippen LogP contribution in [-0.4, -0.2) is 6.61 Å². The fourth-order valence-corrected chi connectivity index (χ4v) is 1.43. The molecule has 1 aromatic rings. The highest BCUT2D eigenvalue weighted by atomic mass is 127. The van der Waals surface area contributed by atoms with Gasteiger partial charge in [0, 0.05) is 0 Å². The molecular weight excluding hydrogens is 263 g/mol. The lowest BCUT2D eigenvalue weighted by atomic mass is 10.3. The first kappa shape index (κ1) is 9.84. The van der Waals surface area contributed by atoms with Gasteiger partial charge in [0.05, 0.1) is 10.2 Å². The van der Waals surface area contributed by atoms with E-state index in [0.29, 0.717) is 0 Å². The van der Waals surface area contributed by atoms with E-state index in [1.807, 2.05) is 18.2 Å². The van der Waals surface area contributed by atoms with Crippen LogP contribution in [0.5, 0.6) is 5.75 Å². The number of rotatable bonds is 4. The van der Waals surface area contributed by atoms with Crippen molar-refractivity contribution in [1.29, 1.82) is 0 Å². The molecule has 0 saturated heterocycles. The highest BCUT2D eigenvalue weighted by Gasteiger charge is 1.96. The van der Waals surface area contributed by atoms with Crippen molar-refractivity contribution in [2.75, 3.05) is 6.61 Å². The second-order valence-corrected chi connectivity index (χ2v) is 3.79. The molecule has 0 aliphatic carbocycles. The zero-order valence-corrected chi connectivity index (χ0v) is 9.37. The Bertz CT molecular complexity index is 235. The molecule has 0 heterocycles. The Morgan fingerprint density at radius 1 is 1.33 bits per heavy atom. The molecule has 0 bridgehead atoms. The predicted molar refractivity (Wildman–Crippen MR) is 59.6 cm³/mol. The molecule has 0 amide bonds. The van der Waals surface area contributed by atoms with Gasteiger partial charge in [0.2, 0.25) is 0 Å². The highest BCUT2D eigenvalue weighted by molar-refractivity contribution is 14.1. The van der Waals surface area contributed by atoms with Crippen molar-refractivity contribution >= 4 is 22.6 Å². The summed E-state index contributed by atoms with van der Waals surface area (Å²) in [4.78, 5) is 0. The van der Waals surface area contributed by atoms with Gasteiger partial charge in [0.1, 0.15) is 5.75 Å². The molecule has 66 valence electrons. The molecule has 1 rings (SSSR count). The molecule has 1 aromatic carbocycles. The van der Waals surface area contributed by atoms with E-state index in [2.05, 4.69) is 35.6 Å². The van der Waals surface area contributed by atoms with Gasteiger partial charge in [0.25, 0.3) is 0 Å². The van der Waals surface area contributed by atoms with E-state index < -0.39 is 0 Å². The molecule has 0 N–H and O–H groups in total. The van der Waals surface area contributed by atoms with Gasteiger partial charge < -0.3 is 4.74 Å². The van der Waals surface area contributed by atoms with E-state index >= 15 is 0 Å². The molecule has 0 aliphatic rings. The summed E-state index contributed by atoms with van der Waals surface area (Å²) in [6.45, 7) is 3.00. The first-order valence-electron chi connectivity index (χ1n) is 4.22. The van der Waals surface area contributed by atoms with Crippen molar-refractivity contribution in [2.24, 2.45) is 0 Å². The van der Waals surface area contributed by atoms with Crippen LogP contribution in [0.2, 0.25) is 0 Å². The molecule has 0 unspecified atom stereocenters. The zero-order chi connectivity index (χ0) is 8.81. The first-order chi connectivity index (χ1) is 5.84. The third-order valence-corrected chi connectivity index (χ3v) is 2.48. The lowest BCUT2D eigenvalue weighted by molar-refractivity contribution is 0.307. The Hall–Kier alpha value is -0.250. The number of benzene rings is 1. The van der Waals surface area contributed by atoms with Gasteiger partial charge in [-0.2, -0.15) is 0 Å². The molecule has 0 aromatic heterocycles. The summed E-state index contributed by atoms with van der Waals surface area (Å²) in [5.74, 6) is 1.01. The maximum absolute atomic E-state index is 5.57. The fraction of sp³-hybridized carbons (Fsp3) is 0.400. The first-order valence-corrected chi connectivity index (χ1v) is 5.29. The number of unbranched alkanes of at least 4 members (excludes halogenated alkanes) is 1. The molecule has 0 radical (unpaired) electrons. The minimum atomic E-state index is 0.830. The maximum atomic E-state index is 5.57. The van der Waals surface area contributed by atoms with Crippen LogP contribution < -0.4 is 4.74 Å². The average molecular weight is 276 g/mol. The highest BCUT2D eigenvalue weighted by Crippen LogP contribution is 2.19.